The molecule has 0 aliphatic heterocycles. The van der Waals surface area contributed by atoms with Crippen molar-refractivity contribution in [2.24, 2.45) is 5.73 Å². The van der Waals surface area contributed by atoms with E-state index in [0.717, 1.165) is 0 Å². The molecule has 0 aromatic carbocycles. The highest BCUT2D eigenvalue weighted by atomic mass is 16.5. The van der Waals surface area contributed by atoms with E-state index in [1.54, 1.807) is 0 Å². The van der Waals surface area contributed by atoms with Crippen molar-refractivity contribution >= 4 is 17.8 Å². The first-order chi connectivity index (χ1) is 12.6. The Morgan fingerprint density at radius 1 is 0.808 bits per heavy atom. The highest BCUT2D eigenvalue weighted by Gasteiger charge is 2.07. The van der Waals surface area contributed by atoms with Crippen molar-refractivity contribution in [1.29, 1.82) is 0 Å². The van der Waals surface area contributed by atoms with Crippen LogP contribution in [0, 0.1) is 0 Å². The Morgan fingerprint density at radius 2 is 1.35 bits per heavy atom. The molecule has 2 amide bonds. The Bertz CT molecular complexity index is 368. The summed E-state index contributed by atoms with van der Waals surface area (Å²) < 4.78 is 15.6. The zero-order valence-electron chi connectivity index (χ0n) is 15.8. The summed E-state index contributed by atoms with van der Waals surface area (Å²) in [4.78, 5) is 32.9. The average molecular weight is 379 g/mol. The van der Waals surface area contributed by atoms with Gasteiger partial charge in [0.05, 0.1) is 52.6 Å². The molecule has 0 aliphatic carbocycles. The molecular weight excluding hydrogens is 346 g/mol. The molecular formula is C16H33N3O7. The Kier molecular flexibility index (Phi) is 21.7. The minimum Gasteiger partial charge on any atom is -0.481 e. The predicted molar refractivity (Wildman–Crippen MR) is 95.7 cm³/mol. The molecule has 0 spiro atoms. The summed E-state index contributed by atoms with van der Waals surface area (Å²) in [7, 11) is 0. The molecule has 0 saturated heterocycles. The van der Waals surface area contributed by atoms with Crippen molar-refractivity contribution in [3.63, 3.8) is 0 Å². The second-order valence-electron chi connectivity index (χ2n) is 4.65. The van der Waals surface area contributed by atoms with Crippen LogP contribution in [0.2, 0.25) is 0 Å². The van der Waals surface area contributed by atoms with Crippen LogP contribution in [0.25, 0.3) is 0 Å². The maximum atomic E-state index is 11.4. The first-order valence-corrected chi connectivity index (χ1v) is 8.74. The molecule has 0 aromatic rings. The number of carboxylic acid groups (broad SMARTS) is 1. The molecule has 10 heteroatoms. The van der Waals surface area contributed by atoms with Crippen LogP contribution in [0.4, 0.5) is 0 Å². The molecule has 26 heavy (non-hydrogen) atoms. The number of amides is 2. The number of carbonyl (C=O) groups is 3. The van der Waals surface area contributed by atoms with Gasteiger partial charge in [0.1, 0.15) is 0 Å². The summed E-state index contributed by atoms with van der Waals surface area (Å²) >= 11 is 0. The number of hydrogen-bond acceptors (Lipinski definition) is 7. The number of hydrogen-bond donors (Lipinski definition) is 4. The van der Waals surface area contributed by atoms with Gasteiger partial charge in [0.2, 0.25) is 11.8 Å². The molecule has 0 aromatic heterocycles. The summed E-state index contributed by atoms with van der Waals surface area (Å²) in [5, 5.41) is 13.3. The molecule has 0 bridgehead atoms. The topological polar surface area (TPSA) is 149 Å². The van der Waals surface area contributed by atoms with E-state index in [9.17, 15) is 14.4 Å². The lowest BCUT2D eigenvalue weighted by Gasteiger charge is -2.08. The number of ether oxygens (including phenoxy) is 3. The molecule has 0 heterocycles. The van der Waals surface area contributed by atoms with Crippen molar-refractivity contribution in [3.8, 4) is 0 Å². The van der Waals surface area contributed by atoms with Crippen molar-refractivity contribution in [2.75, 3.05) is 59.3 Å². The fraction of sp³-hybridized carbons (Fsp3) is 0.812. The third kappa shape index (κ3) is 22.2. The van der Waals surface area contributed by atoms with Crippen LogP contribution in [0.15, 0.2) is 0 Å². The standard InChI is InChI=1S/C14H27N3O7.C2H6/c15-3-5-22-7-9-24-10-8-23-6-4-16-13(19)11-17-12(18)1-2-14(20)21;1-2/h1-11,15H2,(H,16,19)(H,17,18)(H,20,21);1-2H3. The second-order valence-corrected chi connectivity index (χ2v) is 4.65. The molecule has 0 unspecified atom stereocenters. The molecule has 0 rings (SSSR count). The summed E-state index contributed by atoms with van der Waals surface area (Å²) in [5.74, 6) is -1.90. The molecule has 0 aliphatic rings. The molecule has 10 nitrogen and oxygen atoms in total. The Hall–Kier alpha value is -1.75. The zero-order valence-corrected chi connectivity index (χ0v) is 15.8. The van der Waals surface area contributed by atoms with Gasteiger partial charge < -0.3 is 35.7 Å². The number of aliphatic carboxylic acids is 1. The molecule has 0 atom stereocenters. The largest absolute Gasteiger partial charge is 0.481 e. The molecule has 0 saturated carbocycles. The number of carboxylic acids is 1. The molecule has 5 N–H and O–H groups in total. The third-order valence-corrected chi connectivity index (χ3v) is 2.59. The third-order valence-electron chi connectivity index (χ3n) is 2.59. The van der Waals surface area contributed by atoms with Gasteiger partial charge in [0, 0.05) is 19.5 Å². The number of nitrogens with one attached hydrogen (secondary N) is 2. The number of nitrogens with two attached hydrogens (primary N) is 1. The maximum Gasteiger partial charge on any atom is 0.303 e. The van der Waals surface area contributed by atoms with Gasteiger partial charge >= 0.3 is 5.97 Å². The lowest BCUT2D eigenvalue weighted by Crippen LogP contribution is -2.38. The van der Waals surface area contributed by atoms with Crippen LogP contribution in [0.1, 0.15) is 26.7 Å². The van der Waals surface area contributed by atoms with E-state index in [-0.39, 0.29) is 25.3 Å². The van der Waals surface area contributed by atoms with Gasteiger partial charge in [-0.05, 0) is 0 Å². The van der Waals surface area contributed by atoms with Gasteiger partial charge in [-0.3, -0.25) is 14.4 Å². The first kappa shape index (κ1) is 26.5. The van der Waals surface area contributed by atoms with Crippen LogP contribution < -0.4 is 16.4 Å². The van der Waals surface area contributed by atoms with Crippen LogP contribution in [-0.2, 0) is 28.6 Å². The SMILES string of the molecule is CC.NCCOCCOCCOCCNC(=O)CNC(=O)CCC(=O)O. The first-order valence-electron chi connectivity index (χ1n) is 8.74. The van der Waals surface area contributed by atoms with Crippen LogP contribution in [0.5, 0.6) is 0 Å². The van der Waals surface area contributed by atoms with E-state index in [1.807, 2.05) is 13.8 Å². The van der Waals surface area contributed by atoms with E-state index >= 15 is 0 Å². The lowest BCUT2D eigenvalue weighted by molar-refractivity contribution is -0.138. The normalized spacial score (nSPS) is 9.81. The summed E-state index contributed by atoms with van der Waals surface area (Å²) in [6.45, 7) is 7.24. The van der Waals surface area contributed by atoms with E-state index in [2.05, 4.69) is 10.6 Å². The maximum absolute atomic E-state index is 11.4. The van der Waals surface area contributed by atoms with Gasteiger partial charge in [-0.25, -0.2) is 0 Å². The van der Waals surface area contributed by atoms with E-state index in [0.29, 0.717) is 52.7 Å². The van der Waals surface area contributed by atoms with Crippen LogP contribution >= 0.6 is 0 Å². The molecule has 0 radical (unpaired) electrons. The van der Waals surface area contributed by atoms with Gasteiger partial charge in [-0.1, -0.05) is 13.8 Å². The van der Waals surface area contributed by atoms with Gasteiger partial charge in [-0.15, -0.1) is 0 Å². The lowest BCUT2D eigenvalue weighted by atomic mass is 10.3. The van der Waals surface area contributed by atoms with Crippen molar-refractivity contribution in [3.05, 3.63) is 0 Å². The average Bonchev–Trinajstić information content (AvgIpc) is 2.64. The molecule has 154 valence electrons. The van der Waals surface area contributed by atoms with Gasteiger partial charge in [0.15, 0.2) is 0 Å². The quantitative estimate of drug-likeness (QED) is 0.253. The van der Waals surface area contributed by atoms with E-state index in [4.69, 9.17) is 25.1 Å². The Labute approximate surface area is 154 Å². The minimum atomic E-state index is -1.06. The second kappa shape index (κ2) is 21.3. The monoisotopic (exact) mass is 379 g/mol. The van der Waals surface area contributed by atoms with Gasteiger partial charge in [-0.2, -0.15) is 0 Å². The minimum absolute atomic E-state index is 0.150. The predicted octanol–water partition coefficient (Wildman–Crippen LogP) is -0.882. The Balaban J connectivity index is 0. The number of carbonyl (C=O) groups excluding carboxylic acids is 2. The Morgan fingerprint density at radius 3 is 1.88 bits per heavy atom. The van der Waals surface area contributed by atoms with E-state index in [1.165, 1.54) is 0 Å². The highest BCUT2D eigenvalue weighted by Crippen LogP contribution is 1.87. The number of rotatable bonds is 16. The molecule has 0 fully saturated rings. The van der Waals surface area contributed by atoms with Crippen LogP contribution in [0.3, 0.4) is 0 Å². The van der Waals surface area contributed by atoms with Crippen LogP contribution in [-0.4, -0.2) is 82.2 Å². The smallest absolute Gasteiger partial charge is 0.303 e. The van der Waals surface area contributed by atoms with E-state index < -0.39 is 11.9 Å². The summed E-state index contributed by atoms with van der Waals surface area (Å²) in [5.41, 5.74) is 5.26. The zero-order chi connectivity index (χ0) is 20.0. The van der Waals surface area contributed by atoms with Crippen molar-refractivity contribution < 1.29 is 33.7 Å². The fourth-order valence-corrected chi connectivity index (χ4v) is 1.44. The van der Waals surface area contributed by atoms with Crippen molar-refractivity contribution in [2.45, 2.75) is 26.7 Å². The fourth-order valence-electron chi connectivity index (χ4n) is 1.44. The van der Waals surface area contributed by atoms with Gasteiger partial charge in [0.25, 0.3) is 0 Å². The summed E-state index contributed by atoms with van der Waals surface area (Å²) in [6, 6.07) is 0. The summed E-state index contributed by atoms with van der Waals surface area (Å²) in [6.07, 6.45) is -0.411. The highest BCUT2D eigenvalue weighted by molar-refractivity contribution is 5.86. The van der Waals surface area contributed by atoms with Crippen molar-refractivity contribution in [1.82, 2.24) is 10.6 Å².